The van der Waals surface area contributed by atoms with Crippen LogP contribution in [0.5, 0.6) is 0 Å². The first-order chi connectivity index (χ1) is 12.1. The molecule has 7 heteroatoms. The van der Waals surface area contributed by atoms with Crippen LogP contribution in [0.1, 0.15) is 12.5 Å². The van der Waals surface area contributed by atoms with E-state index in [4.69, 9.17) is 4.74 Å². The average molecular weight is 368 g/mol. The van der Waals surface area contributed by atoms with Crippen molar-refractivity contribution in [2.75, 3.05) is 65.6 Å². The van der Waals surface area contributed by atoms with Gasteiger partial charge in [0.2, 0.25) is 10.0 Å². The number of nitrogens with zero attached hydrogens (tertiary/aromatic N) is 3. The van der Waals surface area contributed by atoms with Crippen molar-refractivity contribution in [3.8, 4) is 0 Å². The largest absolute Gasteiger partial charge is 0.379 e. The molecule has 0 aliphatic carbocycles. The number of ether oxygens (including phenoxy) is 1. The molecule has 2 aliphatic heterocycles. The molecule has 2 fully saturated rings. The summed E-state index contributed by atoms with van der Waals surface area (Å²) in [6.07, 6.45) is 0.919. The zero-order chi connectivity index (χ0) is 17.7. The Morgan fingerprint density at radius 2 is 1.44 bits per heavy atom. The highest BCUT2D eigenvalue weighted by Gasteiger charge is 2.28. The minimum atomic E-state index is -3.37. The van der Waals surface area contributed by atoms with Crippen molar-refractivity contribution in [2.45, 2.75) is 18.2 Å². The van der Waals surface area contributed by atoms with Crippen molar-refractivity contribution in [3.05, 3.63) is 29.8 Å². The summed E-state index contributed by atoms with van der Waals surface area (Å²) in [5.74, 6) is 0. The Morgan fingerprint density at radius 1 is 0.880 bits per heavy atom. The quantitative estimate of drug-likeness (QED) is 0.747. The first-order valence-electron chi connectivity index (χ1n) is 9.21. The number of morpholine rings is 1. The van der Waals surface area contributed by atoms with Crippen LogP contribution in [0, 0.1) is 0 Å². The molecule has 0 N–H and O–H groups in total. The molecule has 0 spiro atoms. The minimum absolute atomic E-state index is 0.409. The van der Waals surface area contributed by atoms with Gasteiger partial charge in [0.05, 0.1) is 18.1 Å². The van der Waals surface area contributed by atoms with Crippen LogP contribution < -0.4 is 0 Å². The van der Waals surface area contributed by atoms with Gasteiger partial charge in [-0.2, -0.15) is 4.31 Å². The van der Waals surface area contributed by atoms with Crippen molar-refractivity contribution < 1.29 is 13.2 Å². The zero-order valence-electron chi connectivity index (χ0n) is 15.1. The lowest BCUT2D eigenvalue weighted by Gasteiger charge is -2.35. The lowest BCUT2D eigenvalue weighted by atomic mass is 10.2. The van der Waals surface area contributed by atoms with Gasteiger partial charge in [0.1, 0.15) is 0 Å². The van der Waals surface area contributed by atoms with E-state index in [1.54, 1.807) is 16.4 Å². The maximum Gasteiger partial charge on any atom is 0.243 e. The Balaban J connectivity index is 1.50. The molecule has 25 heavy (non-hydrogen) atoms. The zero-order valence-corrected chi connectivity index (χ0v) is 15.9. The monoisotopic (exact) mass is 367 g/mol. The van der Waals surface area contributed by atoms with Crippen LogP contribution in [0.25, 0.3) is 0 Å². The maximum absolute atomic E-state index is 12.8. The standard InChI is InChI=1S/C18H29N3O3S/c1-2-17-3-5-18(6-4-17)25(22,23)21-11-9-19(10-12-21)7-8-20-13-15-24-16-14-20/h3-6H,2,7-16H2,1H3. The Labute approximate surface area is 151 Å². The number of sulfonamides is 1. The van der Waals surface area contributed by atoms with Gasteiger partial charge < -0.3 is 4.74 Å². The van der Waals surface area contributed by atoms with Gasteiger partial charge in [-0.25, -0.2) is 8.42 Å². The van der Waals surface area contributed by atoms with Crippen LogP contribution >= 0.6 is 0 Å². The first-order valence-corrected chi connectivity index (χ1v) is 10.6. The predicted molar refractivity (Wildman–Crippen MR) is 98.3 cm³/mol. The van der Waals surface area contributed by atoms with Gasteiger partial charge in [-0.05, 0) is 24.1 Å². The molecule has 0 radical (unpaired) electrons. The molecule has 0 atom stereocenters. The van der Waals surface area contributed by atoms with E-state index in [1.165, 1.54) is 0 Å². The third kappa shape index (κ3) is 4.80. The molecule has 2 heterocycles. The van der Waals surface area contributed by atoms with E-state index >= 15 is 0 Å². The van der Waals surface area contributed by atoms with Crippen molar-refractivity contribution in [1.82, 2.24) is 14.1 Å². The number of aryl methyl sites for hydroxylation is 1. The van der Waals surface area contributed by atoms with Crippen LogP contribution in [0.2, 0.25) is 0 Å². The van der Waals surface area contributed by atoms with Gasteiger partial charge >= 0.3 is 0 Å². The van der Waals surface area contributed by atoms with E-state index in [1.807, 2.05) is 12.1 Å². The Kier molecular flexibility index (Phi) is 6.46. The van der Waals surface area contributed by atoms with Crippen molar-refractivity contribution in [3.63, 3.8) is 0 Å². The molecule has 6 nitrogen and oxygen atoms in total. The van der Waals surface area contributed by atoms with Crippen molar-refractivity contribution >= 4 is 10.0 Å². The molecule has 1 aromatic carbocycles. The molecule has 0 saturated carbocycles. The minimum Gasteiger partial charge on any atom is -0.379 e. The van der Waals surface area contributed by atoms with Crippen LogP contribution in [0.4, 0.5) is 0 Å². The van der Waals surface area contributed by atoms with E-state index in [-0.39, 0.29) is 0 Å². The summed E-state index contributed by atoms with van der Waals surface area (Å²) in [4.78, 5) is 5.19. The average Bonchev–Trinajstić information content (AvgIpc) is 2.67. The number of benzene rings is 1. The van der Waals surface area contributed by atoms with E-state index in [9.17, 15) is 8.42 Å². The van der Waals surface area contributed by atoms with Crippen LogP contribution in [-0.4, -0.2) is 88.1 Å². The molecular weight excluding hydrogens is 338 g/mol. The number of piperazine rings is 1. The van der Waals surface area contributed by atoms with Gasteiger partial charge in [-0.15, -0.1) is 0 Å². The summed E-state index contributed by atoms with van der Waals surface area (Å²) < 4.78 is 32.6. The maximum atomic E-state index is 12.8. The molecule has 0 amide bonds. The highest BCUT2D eigenvalue weighted by Crippen LogP contribution is 2.18. The molecule has 2 aliphatic rings. The highest BCUT2D eigenvalue weighted by molar-refractivity contribution is 7.89. The van der Waals surface area contributed by atoms with Gasteiger partial charge in [-0.3, -0.25) is 9.80 Å². The SMILES string of the molecule is CCc1ccc(S(=O)(=O)N2CCN(CCN3CCOCC3)CC2)cc1. The second-order valence-electron chi connectivity index (χ2n) is 6.70. The number of hydrogen-bond donors (Lipinski definition) is 0. The Hall–Kier alpha value is -0.990. The van der Waals surface area contributed by atoms with Gasteiger partial charge in [-0.1, -0.05) is 19.1 Å². The number of rotatable bonds is 6. The molecule has 1 aromatic rings. The van der Waals surface area contributed by atoms with Crippen molar-refractivity contribution in [1.29, 1.82) is 0 Å². The van der Waals surface area contributed by atoms with Crippen LogP contribution in [-0.2, 0) is 21.2 Å². The fourth-order valence-electron chi connectivity index (χ4n) is 3.35. The summed E-state index contributed by atoms with van der Waals surface area (Å²) >= 11 is 0. The molecular formula is C18H29N3O3S. The fourth-order valence-corrected chi connectivity index (χ4v) is 4.77. The van der Waals surface area contributed by atoms with E-state index in [2.05, 4.69) is 16.7 Å². The van der Waals surface area contributed by atoms with E-state index in [0.717, 1.165) is 64.5 Å². The molecule has 3 rings (SSSR count). The molecule has 0 bridgehead atoms. The Bertz CT molecular complexity index is 634. The summed E-state index contributed by atoms with van der Waals surface area (Å²) in [6.45, 7) is 10.5. The summed E-state index contributed by atoms with van der Waals surface area (Å²) in [5.41, 5.74) is 1.16. The van der Waals surface area contributed by atoms with Gasteiger partial charge in [0, 0.05) is 52.4 Å². The second kappa shape index (κ2) is 8.60. The summed E-state index contributed by atoms with van der Waals surface area (Å²) in [7, 11) is -3.37. The van der Waals surface area contributed by atoms with Crippen LogP contribution in [0.3, 0.4) is 0 Å². The molecule has 0 unspecified atom stereocenters. The third-order valence-corrected chi connectivity index (χ3v) is 7.05. The first kappa shape index (κ1) is 18.8. The van der Waals surface area contributed by atoms with Gasteiger partial charge in [0.25, 0.3) is 0 Å². The second-order valence-corrected chi connectivity index (χ2v) is 8.64. The van der Waals surface area contributed by atoms with Crippen molar-refractivity contribution in [2.24, 2.45) is 0 Å². The predicted octanol–water partition coefficient (Wildman–Crippen LogP) is 0.888. The summed E-state index contributed by atoms with van der Waals surface area (Å²) in [6, 6.07) is 7.29. The summed E-state index contributed by atoms with van der Waals surface area (Å²) in [5, 5.41) is 0. The third-order valence-electron chi connectivity index (χ3n) is 5.14. The normalized spacial score (nSPS) is 21.5. The van der Waals surface area contributed by atoms with E-state index < -0.39 is 10.0 Å². The smallest absolute Gasteiger partial charge is 0.243 e. The van der Waals surface area contributed by atoms with Gasteiger partial charge in [0.15, 0.2) is 0 Å². The lowest BCUT2D eigenvalue weighted by Crippen LogP contribution is -2.50. The topological polar surface area (TPSA) is 53.1 Å². The molecule has 2 saturated heterocycles. The van der Waals surface area contributed by atoms with Crippen LogP contribution in [0.15, 0.2) is 29.2 Å². The number of hydrogen-bond acceptors (Lipinski definition) is 5. The lowest BCUT2D eigenvalue weighted by molar-refractivity contribution is 0.0317. The fraction of sp³-hybridized carbons (Fsp3) is 0.667. The van der Waals surface area contributed by atoms with E-state index in [0.29, 0.717) is 18.0 Å². The highest BCUT2D eigenvalue weighted by atomic mass is 32.2. The Morgan fingerprint density at radius 3 is 2.00 bits per heavy atom. The molecule has 0 aromatic heterocycles. The molecule has 140 valence electrons.